The fraction of sp³-hybridized carbons (Fsp3) is 0.222. The molecule has 0 aliphatic rings. The first-order valence-electron chi connectivity index (χ1n) is 11.3. The maximum Gasteiger partial charge on any atom is 0.251 e. The van der Waals surface area contributed by atoms with Crippen molar-refractivity contribution in [2.45, 2.75) is 32.7 Å². The van der Waals surface area contributed by atoms with Gasteiger partial charge >= 0.3 is 0 Å². The number of fused-ring (bicyclic) bond motifs is 1. The number of hydrogen-bond donors (Lipinski definition) is 3. The van der Waals surface area contributed by atoms with Gasteiger partial charge in [-0.25, -0.2) is 4.98 Å². The molecule has 3 N–H and O–H groups in total. The minimum absolute atomic E-state index is 0.00312. The predicted octanol–water partition coefficient (Wildman–Crippen LogP) is 4.64. The lowest BCUT2D eigenvalue weighted by Gasteiger charge is -2.07. The number of rotatable bonds is 9. The summed E-state index contributed by atoms with van der Waals surface area (Å²) in [7, 11) is 1.62. The van der Waals surface area contributed by atoms with Crippen LogP contribution < -0.4 is 15.4 Å². The molecule has 4 aromatic rings. The largest absolute Gasteiger partial charge is 0.497 e. The fourth-order valence-corrected chi connectivity index (χ4v) is 3.66. The molecule has 0 spiro atoms. The summed E-state index contributed by atoms with van der Waals surface area (Å²) >= 11 is 0. The van der Waals surface area contributed by atoms with Crippen molar-refractivity contribution in [1.29, 1.82) is 0 Å². The first-order chi connectivity index (χ1) is 16.5. The number of hydrogen-bond acceptors (Lipinski definition) is 4. The Balaban J connectivity index is 1.36. The number of amides is 2. The van der Waals surface area contributed by atoms with Crippen molar-refractivity contribution in [2.24, 2.45) is 0 Å². The molecule has 1 heterocycles. The number of carbonyl (C=O) groups is 2. The number of aromatic nitrogens is 2. The Morgan fingerprint density at radius 1 is 0.971 bits per heavy atom. The van der Waals surface area contributed by atoms with Crippen molar-refractivity contribution in [2.75, 3.05) is 12.4 Å². The fourth-order valence-electron chi connectivity index (χ4n) is 3.66. The standard InChI is InChI=1S/C27H28N4O3/c1-3-26(32)29-21-11-7-18(8-12-21)9-14-25-30-23-13-10-20(16-24(23)31-25)27(33)28-17-19-5-4-6-22(15-19)34-2/h4-8,10-13,15-16H,3,9,14,17H2,1-2H3,(H,28,33)(H,29,32)(H,30,31). The van der Waals surface area contributed by atoms with E-state index < -0.39 is 0 Å². The quantitative estimate of drug-likeness (QED) is 0.342. The third kappa shape index (κ3) is 5.81. The van der Waals surface area contributed by atoms with E-state index in [1.54, 1.807) is 13.2 Å². The molecule has 0 atom stereocenters. The third-order valence-corrected chi connectivity index (χ3v) is 5.59. The van der Waals surface area contributed by atoms with Gasteiger partial charge in [-0.15, -0.1) is 0 Å². The summed E-state index contributed by atoms with van der Waals surface area (Å²) in [4.78, 5) is 32.1. The van der Waals surface area contributed by atoms with Crippen LogP contribution in [-0.2, 0) is 24.2 Å². The third-order valence-electron chi connectivity index (χ3n) is 5.59. The molecule has 0 saturated heterocycles. The van der Waals surface area contributed by atoms with E-state index in [2.05, 4.69) is 20.6 Å². The first kappa shape index (κ1) is 23.0. The normalized spacial score (nSPS) is 10.8. The van der Waals surface area contributed by atoms with Crippen molar-refractivity contribution in [3.8, 4) is 5.75 Å². The SMILES string of the molecule is CCC(=O)Nc1ccc(CCc2nc3ccc(C(=O)NCc4cccc(OC)c4)cc3[nH]2)cc1. The van der Waals surface area contributed by atoms with Crippen LogP contribution in [0.3, 0.4) is 0 Å². The maximum atomic E-state index is 12.6. The minimum Gasteiger partial charge on any atom is -0.497 e. The minimum atomic E-state index is -0.142. The number of methoxy groups -OCH3 is 1. The van der Waals surface area contributed by atoms with Crippen LogP contribution in [0.5, 0.6) is 5.75 Å². The van der Waals surface area contributed by atoms with E-state index in [1.807, 2.05) is 67.6 Å². The van der Waals surface area contributed by atoms with Gasteiger partial charge in [-0.1, -0.05) is 31.2 Å². The van der Waals surface area contributed by atoms with Gasteiger partial charge in [-0.2, -0.15) is 0 Å². The summed E-state index contributed by atoms with van der Waals surface area (Å²) in [5.41, 5.74) is 5.18. The molecule has 34 heavy (non-hydrogen) atoms. The maximum absolute atomic E-state index is 12.6. The molecule has 1 aromatic heterocycles. The smallest absolute Gasteiger partial charge is 0.251 e. The van der Waals surface area contributed by atoms with Crippen molar-refractivity contribution >= 4 is 28.5 Å². The van der Waals surface area contributed by atoms with Crippen molar-refractivity contribution < 1.29 is 14.3 Å². The van der Waals surface area contributed by atoms with Crippen LogP contribution in [0.1, 0.15) is 40.7 Å². The van der Waals surface area contributed by atoms with E-state index in [4.69, 9.17) is 4.74 Å². The Morgan fingerprint density at radius 2 is 1.79 bits per heavy atom. The number of nitrogens with one attached hydrogen (secondary N) is 3. The molecule has 0 radical (unpaired) electrons. The van der Waals surface area contributed by atoms with Gasteiger partial charge < -0.3 is 20.4 Å². The van der Waals surface area contributed by atoms with Gasteiger partial charge in [0, 0.05) is 30.6 Å². The summed E-state index contributed by atoms with van der Waals surface area (Å²) in [6.45, 7) is 2.25. The molecule has 7 nitrogen and oxygen atoms in total. The zero-order chi connectivity index (χ0) is 23.9. The van der Waals surface area contributed by atoms with E-state index in [0.29, 0.717) is 18.5 Å². The number of benzene rings is 3. The highest BCUT2D eigenvalue weighted by Gasteiger charge is 2.10. The molecule has 4 rings (SSSR count). The summed E-state index contributed by atoms with van der Waals surface area (Å²) < 4.78 is 5.23. The molecule has 7 heteroatoms. The summed E-state index contributed by atoms with van der Waals surface area (Å²) in [6.07, 6.45) is 2.02. The second-order valence-electron chi connectivity index (χ2n) is 8.05. The Kier molecular flexibility index (Phi) is 7.22. The summed E-state index contributed by atoms with van der Waals surface area (Å²) in [5.74, 6) is 1.49. The predicted molar refractivity (Wildman–Crippen MR) is 133 cm³/mol. The highest BCUT2D eigenvalue weighted by atomic mass is 16.5. The second kappa shape index (κ2) is 10.7. The van der Waals surface area contributed by atoms with Crippen LogP contribution in [0.25, 0.3) is 11.0 Å². The highest BCUT2D eigenvalue weighted by Crippen LogP contribution is 2.17. The van der Waals surface area contributed by atoms with Gasteiger partial charge in [0.05, 0.1) is 18.1 Å². The molecule has 3 aromatic carbocycles. The molecule has 0 fully saturated rings. The number of anilines is 1. The van der Waals surface area contributed by atoms with Gasteiger partial charge in [0.15, 0.2) is 0 Å². The molecule has 0 saturated carbocycles. The average molecular weight is 457 g/mol. The number of carbonyl (C=O) groups excluding carboxylic acids is 2. The Hall–Kier alpha value is -4.13. The number of nitrogens with zero attached hydrogens (tertiary/aromatic N) is 1. The molecular formula is C27H28N4O3. The number of ether oxygens (including phenoxy) is 1. The number of H-pyrrole nitrogens is 1. The molecule has 2 amide bonds. The first-order valence-corrected chi connectivity index (χ1v) is 11.3. The molecule has 174 valence electrons. The second-order valence-corrected chi connectivity index (χ2v) is 8.05. The van der Waals surface area contributed by atoms with E-state index in [9.17, 15) is 9.59 Å². The van der Waals surface area contributed by atoms with Crippen LogP contribution in [0.15, 0.2) is 66.7 Å². The van der Waals surface area contributed by atoms with Gasteiger partial charge in [0.1, 0.15) is 11.6 Å². The number of aromatic amines is 1. The highest BCUT2D eigenvalue weighted by molar-refractivity contribution is 5.97. The monoisotopic (exact) mass is 456 g/mol. The average Bonchev–Trinajstić information content (AvgIpc) is 3.29. The lowest BCUT2D eigenvalue weighted by molar-refractivity contribution is -0.115. The zero-order valence-corrected chi connectivity index (χ0v) is 19.4. The van der Waals surface area contributed by atoms with Crippen LogP contribution >= 0.6 is 0 Å². The summed E-state index contributed by atoms with van der Waals surface area (Å²) in [6, 6.07) is 21.0. The van der Waals surface area contributed by atoms with E-state index >= 15 is 0 Å². The van der Waals surface area contributed by atoms with Crippen LogP contribution in [0, 0.1) is 0 Å². The van der Waals surface area contributed by atoms with Gasteiger partial charge in [-0.3, -0.25) is 9.59 Å². The zero-order valence-electron chi connectivity index (χ0n) is 19.4. The molecule has 0 unspecified atom stereocenters. The Morgan fingerprint density at radius 3 is 2.56 bits per heavy atom. The van der Waals surface area contributed by atoms with E-state index in [-0.39, 0.29) is 11.8 Å². The van der Waals surface area contributed by atoms with Gasteiger partial charge in [0.25, 0.3) is 5.91 Å². The van der Waals surface area contributed by atoms with E-state index in [0.717, 1.165) is 52.3 Å². The van der Waals surface area contributed by atoms with Crippen LogP contribution in [-0.4, -0.2) is 28.9 Å². The van der Waals surface area contributed by atoms with Crippen molar-refractivity contribution in [3.05, 3.63) is 89.2 Å². The van der Waals surface area contributed by atoms with E-state index in [1.165, 1.54) is 0 Å². The number of imidazole rings is 1. The van der Waals surface area contributed by atoms with Crippen LogP contribution in [0.2, 0.25) is 0 Å². The molecular weight excluding hydrogens is 428 g/mol. The summed E-state index contributed by atoms with van der Waals surface area (Å²) in [5, 5.41) is 5.80. The Labute approximate surface area is 198 Å². The van der Waals surface area contributed by atoms with Gasteiger partial charge in [0.2, 0.25) is 5.91 Å². The topological polar surface area (TPSA) is 96.1 Å². The lowest BCUT2D eigenvalue weighted by Crippen LogP contribution is -2.22. The van der Waals surface area contributed by atoms with Crippen molar-refractivity contribution in [1.82, 2.24) is 15.3 Å². The van der Waals surface area contributed by atoms with Crippen LogP contribution in [0.4, 0.5) is 5.69 Å². The van der Waals surface area contributed by atoms with Gasteiger partial charge in [-0.05, 0) is 60.0 Å². The Bertz CT molecular complexity index is 1290. The molecule has 0 aliphatic heterocycles. The molecule has 0 aliphatic carbocycles. The van der Waals surface area contributed by atoms with Crippen molar-refractivity contribution in [3.63, 3.8) is 0 Å². The number of aryl methyl sites for hydroxylation is 2. The molecule has 0 bridgehead atoms. The lowest BCUT2D eigenvalue weighted by atomic mass is 10.1.